The fourth-order valence-corrected chi connectivity index (χ4v) is 2.92. The van der Waals surface area contributed by atoms with Crippen molar-refractivity contribution in [3.05, 3.63) is 25.7 Å². The maximum absolute atomic E-state index is 12.4. The molecule has 23 heavy (non-hydrogen) atoms. The Morgan fingerprint density at radius 3 is 2.22 bits per heavy atom. The number of hydrogen-bond acceptors (Lipinski definition) is 5. The van der Waals surface area contributed by atoms with Gasteiger partial charge in [-0.25, -0.2) is 9.59 Å². The summed E-state index contributed by atoms with van der Waals surface area (Å²) in [6.07, 6.45) is -5.27. The minimum absolute atomic E-state index is 0.159. The molecule has 124 valence electrons. The first-order chi connectivity index (χ1) is 10.5. The second-order valence-electron chi connectivity index (χ2n) is 4.45. The Hall–Kier alpha value is -2.63. The molecule has 12 heteroatoms. The van der Waals surface area contributed by atoms with Gasteiger partial charge in [0.25, 0.3) is 5.56 Å². The molecule has 0 bridgehead atoms. The number of nitrogens with zero attached hydrogens (tertiary/aromatic N) is 2. The lowest BCUT2D eigenvalue weighted by molar-refractivity contribution is -0.167. The summed E-state index contributed by atoms with van der Waals surface area (Å²) in [5.41, 5.74) is -2.57. The number of aromatic nitrogens is 2. The molecule has 8 nitrogen and oxygen atoms in total. The van der Waals surface area contributed by atoms with Crippen LogP contribution in [0.3, 0.4) is 0 Å². The van der Waals surface area contributed by atoms with Gasteiger partial charge < -0.3 is 10.4 Å². The standard InChI is InChI=1S/C11H8F3N3O5S/c1-16-6(18)3-4(15-9(21)11(12,13)14)5(8(19)20)23-7(3)17(2)10(16)22/h1-2H3,(H,15,21)(H,19,20). The molecule has 0 spiro atoms. The summed E-state index contributed by atoms with van der Waals surface area (Å²) in [6.45, 7) is 0. The van der Waals surface area contributed by atoms with E-state index in [9.17, 15) is 32.3 Å². The number of carboxylic acid groups (broad SMARTS) is 1. The number of rotatable bonds is 2. The Morgan fingerprint density at radius 2 is 1.74 bits per heavy atom. The van der Waals surface area contributed by atoms with Crippen molar-refractivity contribution in [3.63, 3.8) is 0 Å². The SMILES string of the molecule is Cn1c(=O)c2c(NC(=O)C(F)(F)F)c(C(=O)O)sc2n(C)c1=O. The van der Waals surface area contributed by atoms with E-state index in [0.29, 0.717) is 15.9 Å². The van der Waals surface area contributed by atoms with Crippen molar-refractivity contribution < 1.29 is 27.9 Å². The Balaban J connectivity index is 2.89. The number of carboxylic acids is 1. The number of nitrogens with one attached hydrogen (secondary N) is 1. The molecule has 0 aliphatic rings. The van der Waals surface area contributed by atoms with Gasteiger partial charge in [-0.1, -0.05) is 0 Å². The highest BCUT2D eigenvalue weighted by atomic mass is 32.1. The lowest BCUT2D eigenvalue weighted by atomic mass is 10.2. The van der Waals surface area contributed by atoms with E-state index in [-0.39, 0.29) is 4.83 Å². The smallest absolute Gasteiger partial charge is 0.471 e. The average Bonchev–Trinajstić information content (AvgIpc) is 2.81. The Kier molecular flexibility index (Phi) is 3.80. The molecule has 0 saturated heterocycles. The predicted octanol–water partition coefficient (Wildman–Crippen LogP) is 0.498. The predicted molar refractivity (Wildman–Crippen MR) is 74.0 cm³/mol. The maximum Gasteiger partial charge on any atom is 0.471 e. The van der Waals surface area contributed by atoms with Gasteiger partial charge in [-0.15, -0.1) is 11.3 Å². The number of halogens is 3. The minimum atomic E-state index is -5.27. The molecule has 0 atom stereocenters. The molecule has 2 aromatic heterocycles. The van der Waals surface area contributed by atoms with Gasteiger partial charge >= 0.3 is 23.7 Å². The van der Waals surface area contributed by atoms with Gasteiger partial charge in [-0.05, 0) is 0 Å². The number of anilines is 1. The van der Waals surface area contributed by atoms with Crippen molar-refractivity contribution in [2.24, 2.45) is 14.1 Å². The van der Waals surface area contributed by atoms with Gasteiger partial charge in [0.2, 0.25) is 0 Å². The summed E-state index contributed by atoms with van der Waals surface area (Å²) in [5, 5.41) is 10.0. The highest BCUT2D eigenvalue weighted by Gasteiger charge is 2.40. The van der Waals surface area contributed by atoms with E-state index in [4.69, 9.17) is 5.11 Å². The summed E-state index contributed by atoms with van der Waals surface area (Å²) in [4.78, 5) is 45.4. The Labute approximate surface area is 128 Å². The van der Waals surface area contributed by atoms with E-state index in [1.165, 1.54) is 12.4 Å². The van der Waals surface area contributed by atoms with Crippen molar-refractivity contribution in [2.45, 2.75) is 6.18 Å². The van der Waals surface area contributed by atoms with Crippen molar-refractivity contribution in [1.82, 2.24) is 9.13 Å². The van der Waals surface area contributed by atoms with Crippen LogP contribution in [-0.4, -0.2) is 32.3 Å². The van der Waals surface area contributed by atoms with Crippen LogP contribution in [0.1, 0.15) is 9.67 Å². The number of fused-ring (bicyclic) bond motifs is 1. The second-order valence-corrected chi connectivity index (χ2v) is 5.45. The number of aryl methyl sites for hydroxylation is 1. The van der Waals surface area contributed by atoms with Crippen LogP contribution in [0.4, 0.5) is 18.9 Å². The van der Waals surface area contributed by atoms with Crippen LogP contribution in [0.5, 0.6) is 0 Å². The highest BCUT2D eigenvalue weighted by Crippen LogP contribution is 2.34. The summed E-state index contributed by atoms with van der Waals surface area (Å²) in [7, 11) is 2.30. The van der Waals surface area contributed by atoms with Crippen LogP contribution in [0, 0.1) is 0 Å². The van der Waals surface area contributed by atoms with Crippen molar-refractivity contribution in [3.8, 4) is 0 Å². The van der Waals surface area contributed by atoms with E-state index in [2.05, 4.69) is 0 Å². The number of amides is 1. The molecule has 2 heterocycles. The van der Waals surface area contributed by atoms with E-state index in [0.717, 1.165) is 11.6 Å². The number of aromatic carboxylic acids is 1. The Bertz CT molecular complexity index is 953. The third-order valence-electron chi connectivity index (χ3n) is 2.98. The number of alkyl halides is 3. The molecule has 2 N–H and O–H groups in total. The van der Waals surface area contributed by atoms with Crippen molar-refractivity contribution in [2.75, 3.05) is 5.32 Å². The molecule has 2 aromatic rings. The van der Waals surface area contributed by atoms with Crippen LogP contribution in [-0.2, 0) is 18.9 Å². The normalized spacial score (nSPS) is 11.7. The summed E-state index contributed by atoms with van der Waals surface area (Å²) in [5.74, 6) is -4.06. The molecule has 0 aliphatic heterocycles. The van der Waals surface area contributed by atoms with Gasteiger partial charge in [-0.3, -0.25) is 18.7 Å². The van der Waals surface area contributed by atoms with E-state index in [1.54, 1.807) is 0 Å². The van der Waals surface area contributed by atoms with Gasteiger partial charge in [0.15, 0.2) is 0 Å². The van der Waals surface area contributed by atoms with Crippen molar-refractivity contribution >= 4 is 39.1 Å². The van der Waals surface area contributed by atoms with Crippen LogP contribution in [0.15, 0.2) is 9.59 Å². The van der Waals surface area contributed by atoms with E-state index in [1.807, 2.05) is 0 Å². The monoisotopic (exact) mass is 351 g/mol. The molecule has 0 saturated carbocycles. The molecule has 2 rings (SSSR count). The molecule has 1 amide bonds. The fraction of sp³-hybridized carbons (Fsp3) is 0.273. The third-order valence-corrected chi connectivity index (χ3v) is 4.23. The summed E-state index contributed by atoms with van der Waals surface area (Å²) < 4.78 is 38.7. The van der Waals surface area contributed by atoms with Crippen LogP contribution >= 0.6 is 11.3 Å². The quantitative estimate of drug-likeness (QED) is 0.819. The molecule has 0 fully saturated rings. The maximum atomic E-state index is 12.4. The van der Waals surface area contributed by atoms with Crippen LogP contribution in [0.2, 0.25) is 0 Å². The summed E-state index contributed by atoms with van der Waals surface area (Å²) >= 11 is 0.416. The Morgan fingerprint density at radius 1 is 1.17 bits per heavy atom. The third kappa shape index (κ3) is 2.60. The number of thiophene rings is 1. The molecule has 0 aromatic carbocycles. The zero-order valence-corrected chi connectivity index (χ0v) is 12.3. The van der Waals surface area contributed by atoms with E-state index >= 15 is 0 Å². The highest BCUT2D eigenvalue weighted by molar-refractivity contribution is 7.21. The van der Waals surface area contributed by atoms with Gasteiger partial charge in [0.1, 0.15) is 9.71 Å². The van der Waals surface area contributed by atoms with Crippen LogP contribution in [0.25, 0.3) is 10.2 Å². The number of carbonyl (C=O) groups excluding carboxylic acids is 1. The molecule has 0 aliphatic carbocycles. The minimum Gasteiger partial charge on any atom is -0.477 e. The molecule has 0 unspecified atom stereocenters. The first-order valence-corrected chi connectivity index (χ1v) is 6.62. The topological polar surface area (TPSA) is 110 Å². The lowest BCUT2D eigenvalue weighted by Crippen LogP contribution is -2.37. The average molecular weight is 351 g/mol. The number of carbonyl (C=O) groups is 2. The number of hydrogen-bond donors (Lipinski definition) is 2. The zero-order chi connectivity index (χ0) is 17.7. The zero-order valence-electron chi connectivity index (χ0n) is 11.5. The van der Waals surface area contributed by atoms with E-state index < -0.39 is 45.3 Å². The summed E-state index contributed by atoms with van der Waals surface area (Å²) in [6, 6.07) is 0. The molecular weight excluding hydrogens is 343 g/mol. The first kappa shape index (κ1) is 16.7. The van der Waals surface area contributed by atoms with Crippen LogP contribution < -0.4 is 16.6 Å². The van der Waals surface area contributed by atoms with Crippen molar-refractivity contribution in [1.29, 1.82) is 0 Å². The molecular formula is C11H8F3N3O5S. The second kappa shape index (κ2) is 5.22. The molecule has 0 radical (unpaired) electrons. The fourth-order valence-electron chi connectivity index (χ4n) is 1.87. The lowest BCUT2D eigenvalue weighted by Gasteiger charge is -2.08. The van der Waals surface area contributed by atoms with Gasteiger partial charge in [-0.2, -0.15) is 13.2 Å². The van der Waals surface area contributed by atoms with Gasteiger partial charge in [0, 0.05) is 14.1 Å². The first-order valence-electron chi connectivity index (χ1n) is 5.80. The van der Waals surface area contributed by atoms with Gasteiger partial charge in [0.05, 0.1) is 11.1 Å². The largest absolute Gasteiger partial charge is 0.477 e.